The lowest BCUT2D eigenvalue weighted by Crippen LogP contribution is -2.11. The predicted molar refractivity (Wildman–Crippen MR) is 96.7 cm³/mol. The molecule has 3 aromatic heterocycles. The van der Waals surface area contributed by atoms with Gasteiger partial charge in [0.2, 0.25) is 0 Å². The average Bonchev–Trinajstić information content (AvgIpc) is 3.29. The summed E-state index contributed by atoms with van der Waals surface area (Å²) < 4.78 is 15.2. The van der Waals surface area contributed by atoms with E-state index in [1.165, 1.54) is 12.1 Å². The van der Waals surface area contributed by atoms with E-state index in [-0.39, 0.29) is 5.56 Å². The van der Waals surface area contributed by atoms with Gasteiger partial charge in [-0.25, -0.2) is 9.37 Å². The largest absolute Gasteiger partial charge is 0.321 e. The Morgan fingerprint density at radius 1 is 1.00 bits per heavy atom. The van der Waals surface area contributed by atoms with Crippen LogP contribution in [-0.2, 0) is 0 Å². The van der Waals surface area contributed by atoms with E-state index in [1.807, 2.05) is 22.8 Å². The van der Waals surface area contributed by atoms with Crippen LogP contribution in [0, 0.1) is 5.82 Å². The summed E-state index contributed by atoms with van der Waals surface area (Å²) in [5.41, 5.74) is 2.30. The van der Waals surface area contributed by atoms with E-state index in [4.69, 9.17) is 0 Å². The van der Waals surface area contributed by atoms with Crippen molar-refractivity contribution in [3.05, 3.63) is 77.2 Å². The molecule has 2 N–H and O–H groups in total. The number of halogens is 1. The second-order valence-corrected chi connectivity index (χ2v) is 6.01. The van der Waals surface area contributed by atoms with Gasteiger partial charge in [-0.2, -0.15) is 5.10 Å². The van der Waals surface area contributed by atoms with Gasteiger partial charge in [-0.05, 0) is 47.9 Å². The van der Waals surface area contributed by atoms with E-state index in [0.29, 0.717) is 16.9 Å². The number of fused-ring (bicyclic) bond motifs is 2. The fourth-order valence-corrected chi connectivity index (χ4v) is 3.13. The molecule has 0 fully saturated rings. The van der Waals surface area contributed by atoms with Gasteiger partial charge >= 0.3 is 0 Å². The number of H-pyrrole nitrogens is 2. The van der Waals surface area contributed by atoms with E-state index in [2.05, 4.69) is 20.2 Å². The molecule has 0 bridgehead atoms. The van der Waals surface area contributed by atoms with Crippen LogP contribution in [-0.4, -0.2) is 24.7 Å². The topological polar surface area (TPSA) is 79.4 Å². The smallest absolute Gasteiger partial charge is 0.259 e. The molecule has 0 radical (unpaired) electrons. The van der Waals surface area contributed by atoms with E-state index < -0.39 is 5.82 Å². The minimum atomic E-state index is -0.393. The van der Waals surface area contributed by atoms with Gasteiger partial charge in [0.25, 0.3) is 5.56 Å². The summed E-state index contributed by atoms with van der Waals surface area (Å²) in [6.45, 7) is 0. The molecule has 26 heavy (non-hydrogen) atoms. The Balaban J connectivity index is 1.71. The molecule has 126 valence electrons. The zero-order valence-corrected chi connectivity index (χ0v) is 13.4. The number of imidazole rings is 1. The minimum Gasteiger partial charge on any atom is -0.321 e. The Bertz CT molecular complexity index is 1330. The molecule has 0 spiro atoms. The van der Waals surface area contributed by atoms with E-state index in [1.54, 1.807) is 30.7 Å². The van der Waals surface area contributed by atoms with Crippen molar-refractivity contribution in [3.63, 3.8) is 0 Å². The fourth-order valence-electron chi connectivity index (χ4n) is 3.13. The molecule has 0 aliphatic heterocycles. The molecule has 5 aromatic rings. The Labute approximate surface area is 145 Å². The Hall–Kier alpha value is -3.74. The van der Waals surface area contributed by atoms with E-state index >= 15 is 0 Å². The van der Waals surface area contributed by atoms with Crippen molar-refractivity contribution >= 4 is 21.8 Å². The van der Waals surface area contributed by atoms with E-state index in [0.717, 1.165) is 22.0 Å². The quantitative estimate of drug-likeness (QED) is 0.515. The molecule has 0 atom stereocenters. The van der Waals surface area contributed by atoms with Crippen LogP contribution in [0.5, 0.6) is 0 Å². The van der Waals surface area contributed by atoms with Crippen LogP contribution in [0.15, 0.2) is 65.8 Å². The van der Waals surface area contributed by atoms with Crippen molar-refractivity contribution < 1.29 is 4.39 Å². The SMILES string of the molecule is O=c1[nH]c2cc(F)ccc2cc1-c1nccn1-c1ccc2cn[nH]c2c1. The molecule has 0 saturated heterocycles. The van der Waals surface area contributed by atoms with Gasteiger partial charge < -0.3 is 4.98 Å². The highest BCUT2D eigenvalue weighted by Gasteiger charge is 2.13. The number of aromatic amines is 2. The zero-order valence-electron chi connectivity index (χ0n) is 13.4. The van der Waals surface area contributed by atoms with Gasteiger partial charge in [-0.15, -0.1) is 0 Å². The number of aromatic nitrogens is 5. The van der Waals surface area contributed by atoms with Crippen molar-refractivity contribution in [2.45, 2.75) is 0 Å². The standard InChI is InChI=1S/C19H12FN5O/c20-13-3-1-11-7-15(19(26)23-16(11)8-13)18-21-5-6-25(18)14-4-2-12-10-22-24-17(12)9-14/h1-10H,(H,22,24)(H,23,26). The fraction of sp³-hybridized carbons (Fsp3) is 0. The molecule has 0 amide bonds. The number of rotatable bonds is 2. The maximum absolute atomic E-state index is 13.4. The van der Waals surface area contributed by atoms with Gasteiger partial charge in [0.05, 0.1) is 22.8 Å². The number of pyridine rings is 1. The first-order valence-electron chi connectivity index (χ1n) is 7.99. The predicted octanol–water partition coefficient (Wildman–Crippen LogP) is 3.40. The third kappa shape index (κ3) is 2.21. The summed E-state index contributed by atoms with van der Waals surface area (Å²) in [4.78, 5) is 19.6. The first kappa shape index (κ1) is 14.6. The van der Waals surface area contributed by atoms with Crippen LogP contribution in [0.3, 0.4) is 0 Å². The second-order valence-electron chi connectivity index (χ2n) is 6.01. The maximum Gasteiger partial charge on any atom is 0.259 e. The first-order valence-corrected chi connectivity index (χ1v) is 7.99. The molecular formula is C19H12FN5O. The van der Waals surface area contributed by atoms with Crippen molar-refractivity contribution in [3.8, 4) is 17.1 Å². The Morgan fingerprint density at radius 3 is 2.81 bits per heavy atom. The molecule has 0 aliphatic carbocycles. The lowest BCUT2D eigenvalue weighted by atomic mass is 10.1. The van der Waals surface area contributed by atoms with Gasteiger partial charge in [-0.1, -0.05) is 0 Å². The van der Waals surface area contributed by atoms with Gasteiger partial charge in [0.15, 0.2) is 0 Å². The second kappa shape index (κ2) is 5.38. The molecule has 7 heteroatoms. The van der Waals surface area contributed by atoms with Gasteiger partial charge in [-0.3, -0.25) is 14.5 Å². The number of hydrogen-bond acceptors (Lipinski definition) is 3. The summed E-state index contributed by atoms with van der Waals surface area (Å²) in [5.74, 6) is 0.117. The molecule has 2 aromatic carbocycles. The maximum atomic E-state index is 13.4. The first-order chi connectivity index (χ1) is 12.7. The highest BCUT2D eigenvalue weighted by atomic mass is 19.1. The summed E-state index contributed by atoms with van der Waals surface area (Å²) in [7, 11) is 0. The van der Waals surface area contributed by atoms with Crippen molar-refractivity contribution in [2.24, 2.45) is 0 Å². The van der Waals surface area contributed by atoms with Crippen LogP contribution < -0.4 is 5.56 Å². The highest BCUT2D eigenvalue weighted by Crippen LogP contribution is 2.23. The van der Waals surface area contributed by atoms with Crippen LogP contribution >= 0.6 is 0 Å². The zero-order chi connectivity index (χ0) is 17.7. The summed E-state index contributed by atoms with van der Waals surface area (Å²) >= 11 is 0. The van der Waals surface area contributed by atoms with Crippen molar-refractivity contribution in [2.75, 3.05) is 0 Å². The normalized spacial score (nSPS) is 11.4. The van der Waals surface area contributed by atoms with Crippen molar-refractivity contribution in [1.82, 2.24) is 24.7 Å². The minimum absolute atomic E-state index is 0.321. The molecule has 5 rings (SSSR count). The Kier molecular flexibility index (Phi) is 3.02. The highest BCUT2D eigenvalue weighted by molar-refractivity contribution is 5.83. The summed E-state index contributed by atoms with van der Waals surface area (Å²) in [5, 5.41) is 8.70. The number of nitrogens with zero attached hydrogens (tertiary/aromatic N) is 3. The lowest BCUT2D eigenvalue weighted by Gasteiger charge is -2.08. The number of benzene rings is 2. The third-order valence-electron chi connectivity index (χ3n) is 4.39. The van der Waals surface area contributed by atoms with E-state index in [9.17, 15) is 9.18 Å². The number of nitrogens with one attached hydrogen (secondary N) is 2. The number of hydrogen-bond donors (Lipinski definition) is 2. The molecule has 0 unspecified atom stereocenters. The summed E-state index contributed by atoms with van der Waals surface area (Å²) in [6, 6.07) is 11.9. The molecule has 3 heterocycles. The third-order valence-corrected chi connectivity index (χ3v) is 4.39. The van der Waals surface area contributed by atoms with Crippen LogP contribution in [0.1, 0.15) is 0 Å². The van der Waals surface area contributed by atoms with Crippen LogP contribution in [0.4, 0.5) is 4.39 Å². The molecule has 0 saturated carbocycles. The monoisotopic (exact) mass is 345 g/mol. The average molecular weight is 345 g/mol. The van der Waals surface area contributed by atoms with Crippen molar-refractivity contribution in [1.29, 1.82) is 0 Å². The summed E-state index contributed by atoms with van der Waals surface area (Å²) in [6.07, 6.45) is 5.18. The van der Waals surface area contributed by atoms with Gasteiger partial charge in [0.1, 0.15) is 11.6 Å². The lowest BCUT2D eigenvalue weighted by molar-refractivity contribution is 0.629. The van der Waals surface area contributed by atoms with Crippen LogP contribution in [0.2, 0.25) is 0 Å². The molecular weight excluding hydrogens is 333 g/mol. The molecule has 6 nitrogen and oxygen atoms in total. The molecule has 0 aliphatic rings. The van der Waals surface area contributed by atoms with Crippen LogP contribution in [0.25, 0.3) is 38.9 Å². The Morgan fingerprint density at radius 2 is 1.88 bits per heavy atom. The van der Waals surface area contributed by atoms with Gasteiger partial charge in [0, 0.05) is 23.5 Å².